The highest BCUT2D eigenvalue weighted by molar-refractivity contribution is 6.05. The smallest absolute Gasteiger partial charge is 0.241 e. The molecule has 2 atom stereocenters. The molecule has 2 aromatic carbocycles. The zero-order valence-corrected chi connectivity index (χ0v) is 11.4. The van der Waals surface area contributed by atoms with Gasteiger partial charge in [0.2, 0.25) is 5.91 Å². The molecule has 3 N–H and O–H groups in total. The van der Waals surface area contributed by atoms with Gasteiger partial charge < -0.3 is 15.7 Å². The van der Waals surface area contributed by atoms with Gasteiger partial charge in [-0.15, -0.1) is 0 Å². The van der Waals surface area contributed by atoms with Crippen LogP contribution >= 0.6 is 0 Å². The number of hydrogen-bond donors (Lipinski definition) is 3. The molecule has 2 unspecified atom stereocenters. The molecule has 1 fully saturated rings. The molecule has 0 aliphatic carbocycles. The highest BCUT2D eigenvalue weighted by Gasteiger charge is 2.28. The molecule has 104 valence electrons. The van der Waals surface area contributed by atoms with Crippen LogP contribution in [0.4, 0.5) is 5.69 Å². The third-order valence-corrected chi connectivity index (χ3v) is 3.81. The summed E-state index contributed by atoms with van der Waals surface area (Å²) in [6.45, 7) is 2.46. The van der Waals surface area contributed by atoms with E-state index in [9.17, 15) is 9.90 Å². The van der Waals surface area contributed by atoms with Gasteiger partial charge in [-0.3, -0.25) is 4.79 Å². The van der Waals surface area contributed by atoms with Crippen LogP contribution < -0.4 is 10.6 Å². The largest absolute Gasteiger partial charge is 0.392 e. The van der Waals surface area contributed by atoms with E-state index in [0.29, 0.717) is 13.0 Å². The van der Waals surface area contributed by atoms with Gasteiger partial charge in [0.15, 0.2) is 0 Å². The summed E-state index contributed by atoms with van der Waals surface area (Å²) in [5.41, 5.74) is 1.90. The van der Waals surface area contributed by atoms with Gasteiger partial charge in [-0.1, -0.05) is 36.4 Å². The van der Waals surface area contributed by atoms with Crippen molar-refractivity contribution in [2.75, 3.05) is 11.9 Å². The van der Waals surface area contributed by atoms with Crippen molar-refractivity contribution in [3.05, 3.63) is 42.0 Å². The van der Waals surface area contributed by atoms with Gasteiger partial charge in [-0.2, -0.15) is 0 Å². The van der Waals surface area contributed by atoms with E-state index in [0.717, 1.165) is 22.0 Å². The summed E-state index contributed by atoms with van der Waals surface area (Å²) in [5.74, 6) is -0.0824. The van der Waals surface area contributed by atoms with E-state index < -0.39 is 6.10 Å². The van der Waals surface area contributed by atoms with Crippen LogP contribution in [0.25, 0.3) is 10.8 Å². The van der Waals surface area contributed by atoms with E-state index in [4.69, 9.17) is 0 Å². The maximum Gasteiger partial charge on any atom is 0.241 e. The lowest BCUT2D eigenvalue weighted by molar-refractivity contribution is -0.117. The minimum absolute atomic E-state index is 0.0824. The minimum atomic E-state index is -0.431. The van der Waals surface area contributed by atoms with Crippen LogP contribution in [0, 0.1) is 6.92 Å². The lowest BCUT2D eigenvalue weighted by atomic mass is 10.0. The molecule has 2 aromatic rings. The van der Waals surface area contributed by atoms with Crippen molar-refractivity contribution in [2.24, 2.45) is 0 Å². The van der Waals surface area contributed by atoms with Crippen molar-refractivity contribution in [1.82, 2.24) is 5.32 Å². The summed E-state index contributed by atoms with van der Waals surface area (Å²) < 4.78 is 0. The van der Waals surface area contributed by atoms with Crippen molar-refractivity contribution in [3.63, 3.8) is 0 Å². The number of amides is 1. The first kappa shape index (κ1) is 13.1. The third-order valence-electron chi connectivity index (χ3n) is 3.81. The number of carbonyl (C=O) groups is 1. The van der Waals surface area contributed by atoms with Crippen LogP contribution in [0.1, 0.15) is 12.0 Å². The normalized spacial score (nSPS) is 22.1. The van der Waals surface area contributed by atoms with Gasteiger partial charge in [0.1, 0.15) is 0 Å². The molecule has 1 aliphatic heterocycles. The second kappa shape index (κ2) is 5.23. The number of nitrogens with one attached hydrogen (secondary N) is 2. The van der Waals surface area contributed by atoms with E-state index in [1.165, 1.54) is 0 Å². The summed E-state index contributed by atoms with van der Waals surface area (Å²) in [4.78, 5) is 12.3. The molecule has 1 heterocycles. The average molecular weight is 270 g/mol. The van der Waals surface area contributed by atoms with Crippen LogP contribution in [0.5, 0.6) is 0 Å². The Morgan fingerprint density at radius 3 is 2.85 bits per heavy atom. The molecule has 4 heteroatoms. The Hall–Kier alpha value is -1.91. The first-order valence-corrected chi connectivity index (χ1v) is 6.86. The fourth-order valence-electron chi connectivity index (χ4n) is 2.67. The Balaban J connectivity index is 1.90. The maximum atomic E-state index is 12.3. The molecular weight excluding hydrogens is 252 g/mol. The van der Waals surface area contributed by atoms with Crippen molar-refractivity contribution in [3.8, 4) is 0 Å². The Labute approximate surface area is 117 Å². The van der Waals surface area contributed by atoms with E-state index in [1.807, 2.05) is 37.3 Å². The maximum absolute atomic E-state index is 12.3. The van der Waals surface area contributed by atoms with E-state index in [1.54, 1.807) is 0 Å². The summed E-state index contributed by atoms with van der Waals surface area (Å²) in [5, 5.41) is 17.7. The number of rotatable bonds is 2. The first-order chi connectivity index (χ1) is 9.65. The molecule has 0 spiro atoms. The van der Waals surface area contributed by atoms with E-state index in [-0.39, 0.29) is 11.9 Å². The number of carbonyl (C=O) groups excluding carboxylic acids is 1. The SMILES string of the molecule is Cc1ccc2ccccc2c1NC(=O)C1CC(O)CN1. The van der Waals surface area contributed by atoms with Crippen molar-refractivity contribution < 1.29 is 9.90 Å². The average Bonchev–Trinajstić information content (AvgIpc) is 2.89. The quantitative estimate of drug-likeness (QED) is 0.780. The Morgan fingerprint density at radius 2 is 2.10 bits per heavy atom. The monoisotopic (exact) mass is 270 g/mol. The van der Waals surface area contributed by atoms with Crippen molar-refractivity contribution in [1.29, 1.82) is 0 Å². The number of aryl methyl sites for hydroxylation is 1. The highest BCUT2D eigenvalue weighted by Crippen LogP contribution is 2.27. The third kappa shape index (κ3) is 2.40. The van der Waals surface area contributed by atoms with Gasteiger partial charge in [-0.05, 0) is 24.3 Å². The van der Waals surface area contributed by atoms with Crippen molar-refractivity contribution in [2.45, 2.75) is 25.5 Å². The van der Waals surface area contributed by atoms with Crippen LogP contribution in [0.2, 0.25) is 0 Å². The van der Waals surface area contributed by atoms with Gasteiger partial charge in [0.25, 0.3) is 0 Å². The number of benzene rings is 2. The number of aliphatic hydroxyl groups is 1. The number of aliphatic hydroxyl groups excluding tert-OH is 1. The van der Waals surface area contributed by atoms with Crippen molar-refractivity contribution >= 4 is 22.4 Å². The van der Waals surface area contributed by atoms with Gasteiger partial charge in [-0.25, -0.2) is 0 Å². The zero-order chi connectivity index (χ0) is 14.1. The van der Waals surface area contributed by atoms with Gasteiger partial charge >= 0.3 is 0 Å². The molecule has 0 bridgehead atoms. The lowest BCUT2D eigenvalue weighted by Gasteiger charge is -2.15. The Morgan fingerprint density at radius 1 is 1.30 bits per heavy atom. The number of fused-ring (bicyclic) bond motifs is 1. The molecular formula is C16H18N2O2. The summed E-state index contributed by atoms with van der Waals surface area (Å²) in [7, 11) is 0. The van der Waals surface area contributed by atoms with E-state index >= 15 is 0 Å². The van der Waals surface area contributed by atoms with Gasteiger partial charge in [0.05, 0.1) is 17.8 Å². The zero-order valence-electron chi connectivity index (χ0n) is 11.4. The van der Waals surface area contributed by atoms with Crippen LogP contribution in [0.15, 0.2) is 36.4 Å². The Bertz CT molecular complexity index is 654. The van der Waals surface area contributed by atoms with E-state index in [2.05, 4.69) is 16.7 Å². The molecule has 4 nitrogen and oxygen atoms in total. The topological polar surface area (TPSA) is 61.4 Å². The molecule has 3 rings (SSSR count). The number of anilines is 1. The van der Waals surface area contributed by atoms with Crippen LogP contribution in [0.3, 0.4) is 0 Å². The number of β-amino-alcohol motifs (C(OH)–C–C–N with tert-alkyl or cyclic N) is 1. The molecule has 1 amide bonds. The van der Waals surface area contributed by atoms with Crippen LogP contribution in [-0.2, 0) is 4.79 Å². The lowest BCUT2D eigenvalue weighted by Crippen LogP contribution is -2.35. The molecule has 0 radical (unpaired) electrons. The summed E-state index contributed by atoms with van der Waals surface area (Å²) in [6.07, 6.45) is 0.0368. The minimum Gasteiger partial charge on any atom is -0.392 e. The molecule has 0 saturated carbocycles. The second-order valence-corrected chi connectivity index (χ2v) is 5.32. The Kier molecular flexibility index (Phi) is 3.42. The second-order valence-electron chi connectivity index (χ2n) is 5.32. The van der Waals surface area contributed by atoms with Crippen LogP contribution in [-0.4, -0.2) is 29.7 Å². The predicted molar refractivity (Wildman–Crippen MR) is 79.7 cm³/mol. The fraction of sp³-hybridized carbons (Fsp3) is 0.312. The molecule has 0 aromatic heterocycles. The summed E-state index contributed by atoms with van der Waals surface area (Å²) >= 11 is 0. The standard InChI is InChI=1S/C16H18N2O2/c1-10-6-7-11-4-2-3-5-13(11)15(10)18-16(20)14-8-12(19)9-17-14/h2-7,12,14,17,19H,8-9H2,1H3,(H,18,20). The molecule has 1 saturated heterocycles. The summed E-state index contributed by atoms with van der Waals surface area (Å²) in [6, 6.07) is 11.7. The fourth-order valence-corrected chi connectivity index (χ4v) is 2.67. The first-order valence-electron chi connectivity index (χ1n) is 6.86. The molecule has 1 aliphatic rings. The van der Waals surface area contributed by atoms with Gasteiger partial charge in [0, 0.05) is 11.9 Å². The molecule has 20 heavy (non-hydrogen) atoms. The number of hydrogen-bond acceptors (Lipinski definition) is 3. The highest BCUT2D eigenvalue weighted by atomic mass is 16.3. The predicted octanol–water partition coefficient (Wildman–Crippen LogP) is 1.81.